The van der Waals surface area contributed by atoms with Crippen LogP contribution in [0.15, 0.2) is 30.3 Å². The van der Waals surface area contributed by atoms with Crippen LogP contribution < -0.4 is 0 Å². The third-order valence-electron chi connectivity index (χ3n) is 3.58. The van der Waals surface area contributed by atoms with E-state index in [1.807, 2.05) is 6.07 Å². The Bertz CT molecular complexity index is 473. The molecule has 1 aromatic rings. The van der Waals surface area contributed by atoms with Gasteiger partial charge in [0.2, 0.25) is 0 Å². The van der Waals surface area contributed by atoms with Crippen LogP contribution in [0.1, 0.15) is 61.5 Å². The first-order valence-corrected chi connectivity index (χ1v) is 9.13. The molecule has 2 rings (SSSR count). The SMILES string of the molecule is C.C.C.CC(C)N1CCS(=O)(=O)CC1.CC(C)c1ccccc1.[Y]. The normalized spacial score (nSPS) is 15.6. The van der Waals surface area contributed by atoms with E-state index >= 15 is 0 Å². The van der Waals surface area contributed by atoms with Crippen molar-refractivity contribution in [2.45, 2.75) is 61.9 Å². The molecule has 1 aromatic carbocycles. The van der Waals surface area contributed by atoms with Crippen LogP contribution in [-0.2, 0) is 42.5 Å². The second-order valence-electron chi connectivity index (χ2n) is 5.85. The van der Waals surface area contributed by atoms with Gasteiger partial charge in [0.15, 0.2) is 9.84 Å². The van der Waals surface area contributed by atoms with Crippen LogP contribution in [0.2, 0.25) is 0 Å². The Kier molecular flexibility index (Phi) is 20.6. The van der Waals surface area contributed by atoms with Crippen LogP contribution >= 0.6 is 0 Å². The smallest absolute Gasteiger partial charge is 0.152 e. The molecule has 1 fully saturated rings. The Balaban J connectivity index is -0.000000145. The molecule has 1 aliphatic heterocycles. The van der Waals surface area contributed by atoms with E-state index < -0.39 is 9.84 Å². The maximum atomic E-state index is 11.0. The summed E-state index contributed by atoms with van der Waals surface area (Å²) in [5, 5.41) is 0. The van der Waals surface area contributed by atoms with E-state index in [-0.39, 0.29) is 55.0 Å². The predicted molar refractivity (Wildman–Crippen MR) is 106 cm³/mol. The summed E-state index contributed by atoms with van der Waals surface area (Å²) in [6, 6.07) is 11.0. The van der Waals surface area contributed by atoms with E-state index in [4.69, 9.17) is 0 Å². The van der Waals surface area contributed by atoms with Crippen LogP contribution in [0.4, 0.5) is 0 Å². The van der Waals surface area contributed by atoms with Crippen molar-refractivity contribution in [2.75, 3.05) is 24.6 Å². The third kappa shape index (κ3) is 12.6. The minimum absolute atomic E-state index is 0. The maximum Gasteiger partial charge on any atom is 0.152 e. The van der Waals surface area contributed by atoms with E-state index in [1.165, 1.54) is 5.56 Å². The van der Waals surface area contributed by atoms with Gasteiger partial charge in [0.25, 0.3) is 0 Å². The van der Waals surface area contributed by atoms with E-state index in [9.17, 15) is 8.42 Å². The fraction of sp³-hybridized carbons (Fsp3) is 0.684. The fourth-order valence-corrected chi connectivity index (χ4v) is 3.31. The second-order valence-corrected chi connectivity index (χ2v) is 8.15. The van der Waals surface area contributed by atoms with Gasteiger partial charge in [0.05, 0.1) is 11.5 Å². The van der Waals surface area contributed by atoms with Crippen molar-refractivity contribution in [2.24, 2.45) is 0 Å². The number of hydrogen-bond acceptors (Lipinski definition) is 3. The minimum Gasteiger partial charge on any atom is -0.299 e. The Morgan fingerprint density at radius 1 is 0.875 bits per heavy atom. The fourth-order valence-electron chi connectivity index (χ4n) is 2.08. The Hall–Kier alpha value is 0.234. The summed E-state index contributed by atoms with van der Waals surface area (Å²) >= 11 is 0. The van der Waals surface area contributed by atoms with Crippen molar-refractivity contribution in [1.29, 1.82) is 0 Å². The van der Waals surface area contributed by atoms with Crippen LogP contribution in [0, 0.1) is 0 Å². The predicted octanol–water partition coefficient (Wildman–Crippen LogP) is 4.84. The summed E-state index contributed by atoms with van der Waals surface area (Å²) in [6.45, 7) is 10.0. The Morgan fingerprint density at radius 2 is 1.29 bits per heavy atom. The molecule has 1 radical (unpaired) electrons. The van der Waals surface area contributed by atoms with Crippen molar-refractivity contribution in [3.63, 3.8) is 0 Å². The van der Waals surface area contributed by atoms with Gasteiger partial charge in [0.1, 0.15) is 0 Å². The molecule has 3 nitrogen and oxygen atoms in total. The minimum atomic E-state index is -2.69. The van der Waals surface area contributed by atoms with E-state index in [0.717, 1.165) is 0 Å². The van der Waals surface area contributed by atoms with Crippen molar-refractivity contribution < 1.29 is 41.1 Å². The molecule has 0 aromatic heterocycles. The summed E-state index contributed by atoms with van der Waals surface area (Å²) in [4.78, 5) is 2.20. The van der Waals surface area contributed by atoms with E-state index in [0.29, 0.717) is 36.6 Å². The first-order valence-electron chi connectivity index (χ1n) is 7.31. The molecule has 0 aliphatic carbocycles. The molecule has 1 saturated heterocycles. The number of hydrogen-bond donors (Lipinski definition) is 0. The third-order valence-corrected chi connectivity index (χ3v) is 5.18. The summed E-state index contributed by atoms with van der Waals surface area (Å²) in [5.74, 6) is 1.34. The van der Waals surface area contributed by atoms with Gasteiger partial charge < -0.3 is 0 Å². The molecule has 1 aliphatic rings. The van der Waals surface area contributed by atoms with Crippen LogP contribution in [-0.4, -0.2) is 44.0 Å². The number of benzene rings is 1. The van der Waals surface area contributed by atoms with Gasteiger partial charge in [-0.2, -0.15) is 0 Å². The zero-order valence-electron chi connectivity index (χ0n) is 13.6. The molecule has 1 heterocycles. The van der Waals surface area contributed by atoms with Crippen molar-refractivity contribution in [1.82, 2.24) is 4.90 Å². The molecule has 24 heavy (non-hydrogen) atoms. The zero-order valence-corrected chi connectivity index (χ0v) is 17.3. The first-order chi connectivity index (χ1) is 9.32. The average Bonchev–Trinajstić information content (AvgIpc) is 2.40. The van der Waals surface area contributed by atoms with Crippen LogP contribution in [0.5, 0.6) is 0 Å². The molecule has 0 atom stereocenters. The molecular formula is C19H39NO2SY. The summed E-state index contributed by atoms with van der Waals surface area (Å²) in [6.07, 6.45) is 0. The molecule has 0 spiro atoms. The molecular weight excluding hydrogens is 395 g/mol. The summed E-state index contributed by atoms with van der Waals surface area (Å²) < 4.78 is 22.0. The van der Waals surface area contributed by atoms with Gasteiger partial charge in [-0.15, -0.1) is 0 Å². The molecule has 0 saturated carbocycles. The zero-order chi connectivity index (χ0) is 15.2. The van der Waals surface area contributed by atoms with E-state index in [1.54, 1.807) is 0 Å². The monoisotopic (exact) mass is 434 g/mol. The summed E-state index contributed by atoms with van der Waals surface area (Å²) in [7, 11) is -2.69. The average molecular weight is 434 g/mol. The second kappa shape index (κ2) is 15.5. The number of sulfone groups is 1. The Labute approximate surface area is 177 Å². The van der Waals surface area contributed by atoms with E-state index in [2.05, 4.69) is 56.9 Å². The van der Waals surface area contributed by atoms with Crippen molar-refractivity contribution in [3.8, 4) is 0 Å². The van der Waals surface area contributed by atoms with Crippen LogP contribution in [0.25, 0.3) is 0 Å². The largest absolute Gasteiger partial charge is 0.299 e. The summed E-state index contributed by atoms with van der Waals surface area (Å²) in [5.41, 5.74) is 1.41. The maximum absolute atomic E-state index is 11.0. The number of rotatable bonds is 2. The number of nitrogens with zero attached hydrogens (tertiary/aromatic N) is 1. The first kappa shape index (κ1) is 32.0. The van der Waals surface area contributed by atoms with Gasteiger partial charge in [-0.1, -0.05) is 66.5 Å². The topological polar surface area (TPSA) is 37.4 Å². The van der Waals surface area contributed by atoms with Crippen molar-refractivity contribution >= 4 is 9.84 Å². The molecule has 0 N–H and O–H groups in total. The molecule has 5 heteroatoms. The van der Waals surface area contributed by atoms with Crippen LogP contribution in [0.3, 0.4) is 0 Å². The quantitative estimate of drug-likeness (QED) is 0.668. The standard InChI is InChI=1S/C9H12.C7H15NO2S.3CH4.Y/c1-8(2)9-6-4-3-5-7-9;1-7(2)8-3-5-11(9,10)6-4-8;;;;/h3-8H,1-2H3;7H,3-6H2,1-2H3;3*1H4;. The van der Waals surface area contributed by atoms with Gasteiger partial charge in [-0.25, -0.2) is 8.42 Å². The van der Waals surface area contributed by atoms with Crippen molar-refractivity contribution in [3.05, 3.63) is 35.9 Å². The molecule has 0 bridgehead atoms. The molecule has 0 unspecified atom stereocenters. The van der Waals surface area contributed by atoms with Gasteiger partial charge in [-0.3, -0.25) is 4.90 Å². The van der Waals surface area contributed by atoms with Gasteiger partial charge >= 0.3 is 0 Å². The van der Waals surface area contributed by atoms with Gasteiger partial charge in [-0.05, 0) is 25.3 Å². The molecule has 141 valence electrons. The van der Waals surface area contributed by atoms with Gasteiger partial charge in [0, 0.05) is 51.8 Å². The Morgan fingerprint density at radius 3 is 1.58 bits per heavy atom. The molecule has 0 amide bonds.